The van der Waals surface area contributed by atoms with Crippen LogP contribution in [0.4, 0.5) is 0 Å². The van der Waals surface area contributed by atoms with Crippen LogP contribution in [-0.4, -0.2) is 24.3 Å². The molecule has 0 bridgehead atoms. The molecule has 0 aromatic rings. The van der Waals surface area contributed by atoms with E-state index in [1.807, 2.05) is 0 Å². The first-order valence-electron chi connectivity index (χ1n) is 4.26. The largest absolute Gasteiger partial charge is 0.351 e. The number of hydrogen-bond acceptors (Lipinski definition) is 2. The van der Waals surface area contributed by atoms with Crippen LogP contribution in [0.5, 0.6) is 0 Å². The molecule has 3 heteroatoms. The maximum atomic E-state index is 8.51. The zero-order chi connectivity index (χ0) is 8.27. The van der Waals surface area contributed by atoms with Crippen LogP contribution >= 0.6 is 0 Å². The first-order chi connectivity index (χ1) is 5.25. The molecule has 0 spiro atoms. The van der Waals surface area contributed by atoms with Crippen LogP contribution < -0.4 is 0 Å². The van der Waals surface area contributed by atoms with Gasteiger partial charge in [-0.3, -0.25) is 0 Å². The fourth-order valence-electron chi connectivity index (χ4n) is 1.76. The smallest absolute Gasteiger partial charge is 0.328 e. The van der Waals surface area contributed by atoms with Crippen LogP contribution in [0.25, 0.3) is 0 Å². The Morgan fingerprint density at radius 1 is 1.36 bits per heavy atom. The maximum absolute atomic E-state index is 8.51. The molecule has 0 aliphatic carbocycles. The van der Waals surface area contributed by atoms with E-state index in [1.54, 1.807) is 7.41 Å². The van der Waals surface area contributed by atoms with Crippen molar-refractivity contribution >= 4 is 7.41 Å². The summed E-state index contributed by atoms with van der Waals surface area (Å²) in [4.78, 5) is 2.17. The summed E-state index contributed by atoms with van der Waals surface area (Å²) >= 11 is 0. The average Bonchev–Trinajstić information content (AvgIpc) is 1.97. The summed E-state index contributed by atoms with van der Waals surface area (Å²) in [6.45, 7) is 4.37. The van der Waals surface area contributed by atoms with Crippen molar-refractivity contribution in [2.24, 2.45) is 0 Å². The highest BCUT2D eigenvalue weighted by Gasteiger charge is 2.24. The van der Waals surface area contributed by atoms with Gasteiger partial charge in [-0.25, -0.2) is 5.26 Å². The lowest BCUT2D eigenvalue weighted by atomic mass is 9.84. The van der Waals surface area contributed by atoms with Gasteiger partial charge in [0.2, 0.25) is 0 Å². The third-order valence-electron chi connectivity index (χ3n) is 2.47. The molecule has 0 aromatic heterocycles. The lowest BCUT2D eigenvalue weighted by Gasteiger charge is -2.37. The summed E-state index contributed by atoms with van der Waals surface area (Å²) in [6.07, 6.45) is 3.75. The van der Waals surface area contributed by atoms with Crippen molar-refractivity contribution in [3.63, 3.8) is 0 Å². The minimum Gasteiger partial charge on any atom is -0.328 e. The monoisotopic (exact) mass is 149 g/mol. The number of nitrogens with zero attached hydrogens (tertiary/aromatic N) is 2. The fraction of sp³-hybridized carbons (Fsp3) is 0.875. The molecule has 2 nitrogen and oxygen atoms in total. The number of rotatable bonds is 1. The SMILES string of the molecule is CC1CCCC(C)N1[B]C#N. The lowest BCUT2D eigenvalue weighted by Crippen LogP contribution is -2.45. The molecule has 1 saturated heterocycles. The summed E-state index contributed by atoms with van der Waals surface area (Å²) in [5, 5.41) is 8.51. The molecule has 11 heavy (non-hydrogen) atoms. The molecular formula is C8H14BN2. The average molecular weight is 149 g/mol. The predicted octanol–water partition coefficient (Wildman–Crippen LogP) is 1.35. The van der Waals surface area contributed by atoms with Crippen molar-refractivity contribution in [1.29, 1.82) is 5.26 Å². The molecule has 0 N–H and O–H groups in total. The van der Waals surface area contributed by atoms with Crippen LogP contribution in [0.15, 0.2) is 0 Å². The van der Waals surface area contributed by atoms with Crippen molar-refractivity contribution in [2.45, 2.75) is 45.2 Å². The molecule has 1 aliphatic rings. The second-order valence-electron chi connectivity index (χ2n) is 3.33. The topological polar surface area (TPSA) is 27.0 Å². The van der Waals surface area contributed by atoms with Crippen molar-refractivity contribution < 1.29 is 0 Å². The molecule has 0 aromatic carbocycles. The lowest BCUT2D eigenvalue weighted by molar-refractivity contribution is 0.208. The van der Waals surface area contributed by atoms with Crippen molar-refractivity contribution in [3.8, 4) is 5.97 Å². The van der Waals surface area contributed by atoms with Crippen LogP contribution in [0.3, 0.4) is 0 Å². The third-order valence-corrected chi connectivity index (χ3v) is 2.47. The second kappa shape index (κ2) is 3.78. The first-order valence-corrected chi connectivity index (χ1v) is 4.26. The van der Waals surface area contributed by atoms with Crippen LogP contribution in [0, 0.1) is 11.2 Å². The molecule has 1 rings (SSSR count). The van der Waals surface area contributed by atoms with Crippen LogP contribution in [-0.2, 0) is 0 Å². The van der Waals surface area contributed by atoms with Gasteiger partial charge in [-0.05, 0) is 24.9 Å². The molecule has 1 aliphatic heterocycles. The van der Waals surface area contributed by atoms with E-state index < -0.39 is 0 Å². The Labute approximate surface area is 69.5 Å². The van der Waals surface area contributed by atoms with Gasteiger partial charge in [-0.2, -0.15) is 0 Å². The van der Waals surface area contributed by atoms with Gasteiger partial charge in [0, 0.05) is 5.97 Å². The number of nitriles is 1. The minimum atomic E-state index is 0.554. The Morgan fingerprint density at radius 3 is 2.36 bits per heavy atom. The van der Waals surface area contributed by atoms with Crippen LogP contribution in [0.1, 0.15) is 33.1 Å². The number of hydrogen-bond donors (Lipinski definition) is 0. The van der Waals surface area contributed by atoms with Gasteiger partial charge in [0.05, 0.1) is 0 Å². The highest BCUT2D eigenvalue weighted by Crippen LogP contribution is 2.20. The Hall–Kier alpha value is -0.485. The van der Waals surface area contributed by atoms with Gasteiger partial charge >= 0.3 is 7.41 Å². The van der Waals surface area contributed by atoms with Gasteiger partial charge in [0.15, 0.2) is 0 Å². The van der Waals surface area contributed by atoms with E-state index in [9.17, 15) is 0 Å². The van der Waals surface area contributed by atoms with E-state index in [2.05, 4.69) is 24.6 Å². The second-order valence-corrected chi connectivity index (χ2v) is 3.33. The predicted molar refractivity (Wildman–Crippen MR) is 46.0 cm³/mol. The summed E-state index contributed by atoms with van der Waals surface area (Å²) in [6, 6.07) is 1.11. The Bertz CT molecular complexity index is 154. The summed E-state index contributed by atoms with van der Waals surface area (Å²) in [5.74, 6) is 2.10. The van der Waals surface area contributed by atoms with Crippen molar-refractivity contribution in [3.05, 3.63) is 0 Å². The van der Waals surface area contributed by atoms with Gasteiger partial charge in [0.1, 0.15) is 0 Å². The minimum absolute atomic E-state index is 0.554. The maximum Gasteiger partial charge on any atom is 0.351 e. The zero-order valence-electron chi connectivity index (χ0n) is 7.25. The number of piperidine rings is 1. The third kappa shape index (κ3) is 1.97. The van der Waals surface area contributed by atoms with E-state index in [1.165, 1.54) is 19.3 Å². The van der Waals surface area contributed by atoms with E-state index >= 15 is 0 Å². The molecule has 2 unspecified atom stereocenters. The Morgan fingerprint density at radius 2 is 1.91 bits per heavy atom. The van der Waals surface area contributed by atoms with Gasteiger partial charge in [-0.15, -0.1) is 0 Å². The summed E-state index contributed by atoms with van der Waals surface area (Å²) < 4.78 is 0. The molecule has 59 valence electrons. The standard InChI is InChI=1S/C8H14BN2/c1-7-4-3-5-8(2)11(7)9-6-10/h7-8H,3-5H2,1-2H3. The quantitative estimate of drug-likeness (QED) is 0.526. The molecule has 1 heterocycles. The van der Waals surface area contributed by atoms with Crippen molar-refractivity contribution in [2.75, 3.05) is 0 Å². The van der Waals surface area contributed by atoms with E-state index in [0.29, 0.717) is 12.1 Å². The van der Waals surface area contributed by atoms with E-state index in [-0.39, 0.29) is 0 Å². The van der Waals surface area contributed by atoms with Gasteiger partial charge in [-0.1, -0.05) is 20.3 Å². The summed E-state index contributed by atoms with van der Waals surface area (Å²) in [5.41, 5.74) is 0. The molecule has 0 amide bonds. The van der Waals surface area contributed by atoms with Gasteiger partial charge < -0.3 is 4.81 Å². The highest BCUT2D eigenvalue weighted by molar-refractivity contribution is 6.42. The van der Waals surface area contributed by atoms with E-state index in [0.717, 1.165) is 0 Å². The fourth-order valence-corrected chi connectivity index (χ4v) is 1.76. The van der Waals surface area contributed by atoms with Crippen LogP contribution in [0.2, 0.25) is 0 Å². The molecule has 2 atom stereocenters. The molecule has 1 fully saturated rings. The highest BCUT2D eigenvalue weighted by atomic mass is 15.1. The molecule has 1 radical (unpaired) electrons. The zero-order valence-corrected chi connectivity index (χ0v) is 7.25. The molecule has 0 saturated carbocycles. The Kier molecular flexibility index (Phi) is 2.96. The Balaban J connectivity index is 2.49. The van der Waals surface area contributed by atoms with Crippen molar-refractivity contribution in [1.82, 2.24) is 4.81 Å². The van der Waals surface area contributed by atoms with Gasteiger partial charge in [0.25, 0.3) is 0 Å². The first kappa shape index (κ1) is 8.61. The molecular weight excluding hydrogens is 135 g/mol. The normalized spacial score (nSPS) is 32.8. The summed E-state index contributed by atoms with van der Waals surface area (Å²) in [7, 11) is 1.66. The van der Waals surface area contributed by atoms with E-state index in [4.69, 9.17) is 5.26 Å².